The number of anilines is 3. The predicted molar refractivity (Wildman–Crippen MR) is 227 cm³/mol. The van der Waals surface area contributed by atoms with Gasteiger partial charge >= 0.3 is 0 Å². The summed E-state index contributed by atoms with van der Waals surface area (Å²) in [5, 5.41) is 2.39. The maximum atomic E-state index is 7.13. The van der Waals surface area contributed by atoms with Gasteiger partial charge in [0.25, 0.3) is 0 Å². The Morgan fingerprint density at radius 2 is 1.11 bits per heavy atom. The first-order valence-electron chi connectivity index (χ1n) is 19.4. The molecule has 2 atom stereocenters. The highest BCUT2D eigenvalue weighted by molar-refractivity contribution is 5.91. The molecule has 56 heavy (non-hydrogen) atoms. The third-order valence-corrected chi connectivity index (χ3v) is 12.4. The summed E-state index contributed by atoms with van der Waals surface area (Å²) < 4.78 is 14.1. The van der Waals surface area contributed by atoms with Gasteiger partial charge in [-0.15, -0.1) is 0 Å². The van der Waals surface area contributed by atoms with Crippen molar-refractivity contribution in [2.75, 3.05) is 4.90 Å². The van der Waals surface area contributed by atoms with E-state index in [-0.39, 0.29) is 11.8 Å². The Balaban J connectivity index is 1.01. The summed E-state index contributed by atoms with van der Waals surface area (Å²) in [6, 6.07) is 63.1. The van der Waals surface area contributed by atoms with E-state index < -0.39 is 5.41 Å². The topological polar surface area (TPSA) is 21.7 Å². The molecule has 0 aromatic heterocycles. The van der Waals surface area contributed by atoms with E-state index in [2.05, 4.69) is 205 Å². The van der Waals surface area contributed by atoms with Crippen molar-refractivity contribution < 1.29 is 9.47 Å². The predicted octanol–water partition coefficient (Wildman–Crippen LogP) is 14.0. The zero-order chi connectivity index (χ0) is 36.8. The molecule has 0 saturated heterocycles. The van der Waals surface area contributed by atoms with Crippen LogP contribution in [0.2, 0.25) is 0 Å². The molecule has 0 saturated carbocycles. The largest absolute Gasteiger partial charge is 0.449 e. The summed E-state index contributed by atoms with van der Waals surface area (Å²) >= 11 is 0. The molecule has 0 amide bonds. The van der Waals surface area contributed by atoms with Crippen molar-refractivity contribution in [2.45, 2.75) is 11.3 Å². The Bertz CT molecular complexity index is 2910. The molecule has 0 fully saturated rings. The summed E-state index contributed by atoms with van der Waals surface area (Å²) in [6.45, 7) is 0. The number of rotatable bonds is 4. The van der Waals surface area contributed by atoms with E-state index in [1.54, 1.807) is 0 Å². The van der Waals surface area contributed by atoms with E-state index in [9.17, 15) is 0 Å². The van der Waals surface area contributed by atoms with Crippen LogP contribution in [-0.4, -0.2) is 0 Å². The van der Waals surface area contributed by atoms with Crippen molar-refractivity contribution in [3.8, 4) is 45.3 Å². The third-order valence-electron chi connectivity index (χ3n) is 12.4. The first-order chi connectivity index (χ1) is 27.8. The smallest absolute Gasteiger partial charge is 0.174 e. The molecule has 0 radical (unpaired) electrons. The van der Waals surface area contributed by atoms with Gasteiger partial charge in [0.1, 0.15) is 0 Å². The lowest BCUT2D eigenvalue weighted by molar-refractivity contribution is 0.350. The number of ether oxygens (including phenoxy) is 2. The molecule has 3 heteroatoms. The van der Waals surface area contributed by atoms with Gasteiger partial charge in [0.15, 0.2) is 23.0 Å². The highest BCUT2D eigenvalue weighted by Crippen LogP contribution is 2.69. The zero-order valence-corrected chi connectivity index (χ0v) is 30.5. The SMILES string of the molecule is C1=CC2c3ccc4c(c3C3(c5ccccc5-c5ccccc53)C2C=C1)Oc1ccc(N(c2cccc(-c3ccccc3)c2)c2ccc3ccccc3c2)cc1O4. The number of fused-ring (bicyclic) bond motifs is 14. The summed E-state index contributed by atoms with van der Waals surface area (Å²) in [5.74, 6) is 3.37. The normalized spacial score (nSPS) is 17.2. The molecule has 8 aromatic carbocycles. The second kappa shape index (κ2) is 11.9. The number of hydrogen-bond acceptors (Lipinski definition) is 3. The molecule has 264 valence electrons. The van der Waals surface area contributed by atoms with Gasteiger partial charge in [0.05, 0.1) is 11.1 Å². The lowest BCUT2D eigenvalue weighted by Gasteiger charge is -2.37. The van der Waals surface area contributed by atoms with Gasteiger partial charge < -0.3 is 14.4 Å². The highest BCUT2D eigenvalue weighted by atomic mass is 16.6. The molecular formula is C53H35NO2. The third kappa shape index (κ3) is 4.40. The highest BCUT2D eigenvalue weighted by Gasteiger charge is 2.59. The van der Waals surface area contributed by atoms with Gasteiger partial charge in [-0.2, -0.15) is 0 Å². The van der Waals surface area contributed by atoms with Gasteiger partial charge in [0, 0.05) is 34.8 Å². The van der Waals surface area contributed by atoms with E-state index in [4.69, 9.17) is 9.47 Å². The standard InChI is InChI=1S/C53H35NO2/c1-2-13-34(14-3-1)37-17-12-18-38(31-37)54(39-26-25-35-15-4-5-16-36(35)32-39)40-27-29-48-50(33-40)55-49-30-28-44-43-21-8-11-24-47(43)53(51(44)52(49)56-48)45-22-9-6-19-41(45)42-20-7-10-23-46(42)53/h1-33,43,47H. The first kappa shape index (κ1) is 31.3. The summed E-state index contributed by atoms with van der Waals surface area (Å²) in [4.78, 5) is 2.31. The molecule has 0 N–H and O–H groups in total. The van der Waals surface area contributed by atoms with Crippen molar-refractivity contribution >= 4 is 27.8 Å². The van der Waals surface area contributed by atoms with Crippen LogP contribution in [0, 0.1) is 5.92 Å². The van der Waals surface area contributed by atoms with Crippen molar-refractivity contribution in [1.82, 2.24) is 0 Å². The molecule has 0 bridgehead atoms. The van der Waals surface area contributed by atoms with Crippen LogP contribution in [0.5, 0.6) is 23.0 Å². The Hall–Kier alpha value is -7.10. The number of nitrogens with zero attached hydrogens (tertiary/aromatic N) is 1. The monoisotopic (exact) mass is 717 g/mol. The molecule has 3 nitrogen and oxygen atoms in total. The average Bonchev–Trinajstić information content (AvgIpc) is 3.74. The average molecular weight is 718 g/mol. The second-order valence-corrected chi connectivity index (χ2v) is 15.2. The van der Waals surface area contributed by atoms with Gasteiger partial charge in [-0.25, -0.2) is 0 Å². The molecule has 1 aliphatic heterocycles. The summed E-state index contributed by atoms with van der Waals surface area (Å²) in [7, 11) is 0. The quantitative estimate of drug-likeness (QED) is 0.181. The minimum atomic E-state index is -0.419. The Labute approximate surface area is 326 Å². The Morgan fingerprint density at radius 1 is 0.446 bits per heavy atom. The van der Waals surface area contributed by atoms with Crippen LogP contribution in [0.15, 0.2) is 200 Å². The van der Waals surface area contributed by atoms with Gasteiger partial charge in [-0.05, 0) is 92.2 Å². The van der Waals surface area contributed by atoms with Crippen LogP contribution >= 0.6 is 0 Å². The molecule has 8 aromatic rings. The van der Waals surface area contributed by atoms with Crippen molar-refractivity contribution in [1.29, 1.82) is 0 Å². The van der Waals surface area contributed by atoms with Gasteiger partial charge in [0.2, 0.25) is 0 Å². The maximum Gasteiger partial charge on any atom is 0.174 e. The molecule has 4 aliphatic rings. The van der Waals surface area contributed by atoms with E-state index in [1.165, 1.54) is 49.7 Å². The molecule has 2 unspecified atom stereocenters. The fraction of sp³-hybridized carbons (Fsp3) is 0.0566. The molecule has 1 spiro atoms. The van der Waals surface area contributed by atoms with Crippen molar-refractivity contribution in [3.63, 3.8) is 0 Å². The van der Waals surface area contributed by atoms with Crippen LogP contribution in [0.3, 0.4) is 0 Å². The van der Waals surface area contributed by atoms with E-state index in [0.717, 1.165) is 34.1 Å². The Kier molecular flexibility index (Phi) is 6.67. The number of benzene rings is 8. The van der Waals surface area contributed by atoms with E-state index in [0.29, 0.717) is 11.5 Å². The summed E-state index contributed by atoms with van der Waals surface area (Å²) in [6.07, 6.45) is 9.19. The van der Waals surface area contributed by atoms with Crippen molar-refractivity contribution in [3.05, 3.63) is 222 Å². The van der Waals surface area contributed by atoms with Crippen LogP contribution in [0.25, 0.3) is 33.0 Å². The zero-order valence-electron chi connectivity index (χ0n) is 30.5. The summed E-state index contributed by atoms with van der Waals surface area (Å²) in [5.41, 5.74) is 12.8. The van der Waals surface area contributed by atoms with E-state index >= 15 is 0 Å². The van der Waals surface area contributed by atoms with Gasteiger partial charge in [-0.1, -0.05) is 152 Å². The van der Waals surface area contributed by atoms with Crippen LogP contribution in [-0.2, 0) is 5.41 Å². The lowest BCUT2D eigenvalue weighted by Crippen LogP contribution is -2.33. The van der Waals surface area contributed by atoms with Crippen molar-refractivity contribution in [2.24, 2.45) is 5.92 Å². The first-order valence-corrected chi connectivity index (χ1v) is 19.4. The minimum Gasteiger partial charge on any atom is -0.449 e. The lowest BCUT2D eigenvalue weighted by atomic mass is 9.65. The molecule has 1 heterocycles. The molecule has 12 rings (SSSR count). The Morgan fingerprint density at radius 3 is 1.95 bits per heavy atom. The van der Waals surface area contributed by atoms with E-state index in [1.807, 2.05) is 0 Å². The minimum absolute atomic E-state index is 0.202. The number of allylic oxidation sites excluding steroid dienone is 4. The van der Waals surface area contributed by atoms with Gasteiger partial charge in [-0.3, -0.25) is 0 Å². The number of hydrogen-bond donors (Lipinski definition) is 0. The van der Waals surface area contributed by atoms with Crippen LogP contribution < -0.4 is 14.4 Å². The molecule has 3 aliphatic carbocycles. The fourth-order valence-corrected chi connectivity index (χ4v) is 10.1. The maximum absolute atomic E-state index is 7.13. The second-order valence-electron chi connectivity index (χ2n) is 15.2. The molecular weight excluding hydrogens is 683 g/mol. The van der Waals surface area contributed by atoms with Crippen LogP contribution in [0.4, 0.5) is 17.1 Å². The van der Waals surface area contributed by atoms with Crippen LogP contribution in [0.1, 0.15) is 28.2 Å². The fourth-order valence-electron chi connectivity index (χ4n) is 10.1.